The molecule has 1 amide bonds. The van der Waals surface area contributed by atoms with Crippen LogP contribution in [0.4, 0.5) is 5.69 Å². The van der Waals surface area contributed by atoms with Crippen molar-refractivity contribution in [1.82, 2.24) is 19.7 Å². The average molecular weight is 574 g/mol. The van der Waals surface area contributed by atoms with Gasteiger partial charge in [0.1, 0.15) is 23.3 Å². The highest BCUT2D eigenvalue weighted by Gasteiger charge is 2.24. The van der Waals surface area contributed by atoms with Crippen LogP contribution in [-0.4, -0.2) is 65.3 Å². The van der Waals surface area contributed by atoms with Crippen LogP contribution in [0.1, 0.15) is 36.8 Å². The Morgan fingerprint density at radius 2 is 1.81 bits per heavy atom. The number of amidine groups is 1. The predicted molar refractivity (Wildman–Crippen MR) is 160 cm³/mol. The summed E-state index contributed by atoms with van der Waals surface area (Å²) in [5.41, 5.74) is 7.63. The van der Waals surface area contributed by atoms with Crippen molar-refractivity contribution in [3.8, 4) is 22.9 Å². The van der Waals surface area contributed by atoms with Gasteiger partial charge in [-0.1, -0.05) is 18.2 Å². The van der Waals surface area contributed by atoms with E-state index in [4.69, 9.17) is 25.4 Å². The molecule has 1 aromatic heterocycles. The fraction of sp³-hybridized carbons (Fsp3) is 0.267. The summed E-state index contributed by atoms with van der Waals surface area (Å²) in [5.74, 6) is 1.42. The first-order valence-corrected chi connectivity index (χ1v) is 13.3. The Bertz CT molecular complexity index is 1610. The van der Waals surface area contributed by atoms with Crippen molar-refractivity contribution < 1.29 is 19.0 Å². The highest BCUT2D eigenvalue weighted by Crippen LogP contribution is 2.34. The molecule has 12 heteroatoms. The number of H-pyrrole nitrogens is 1. The van der Waals surface area contributed by atoms with Crippen LogP contribution in [0.3, 0.4) is 0 Å². The summed E-state index contributed by atoms with van der Waals surface area (Å²) < 4.78 is 18.5. The van der Waals surface area contributed by atoms with E-state index in [1.807, 2.05) is 19.1 Å². The Morgan fingerprint density at radius 1 is 1.10 bits per heavy atom. The molecule has 1 heterocycles. The zero-order valence-electron chi connectivity index (χ0n) is 24.2. The van der Waals surface area contributed by atoms with Crippen molar-refractivity contribution in [2.45, 2.75) is 26.0 Å². The van der Waals surface area contributed by atoms with Crippen molar-refractivity contribution in [2.75, 3.05) is 33.1 Å². The zero-order chi connectivity index (χ0) is 30.4. The maximum atomic E-state index is 13.1. The molecule has 0 aliphatic carbocycles. The van der Waals surface area contributed by atoms with E-state index < -0.39 is 17.8 Å². The molecule has 0 aliphatic rings. The van der Waals surface area contributed by atoms with Crippen LogP contribution in [0.15, 0.2) is 71.5 Å². The van der Waals surface area contributed by atoms with Gasteiger partial charge in [-0.2, -0.15) is 4.68 Å². The van der Waals surface area contributed by atoms with Gasteiger partial charge in [0.2, 0.25) is 0 Å². The molecule has 2 unspecified atom stereocenters. The van der Waals surface area contributed by atoms with Crippen molar-refractivity contribution in [3.05, 3.63) is 94.2 Å². The monoisotopic (exact) mass is 573 g/mol. The minimum absolute atomic E-state index is 0.0445. The Labute approximate surface area is 243 Å². The molecule has 0 fully saturated rings. The van der Waals surface area contributed by atoms with Crippen LogP contribution < -0.4 is 31.0 Å². The fourth-order valence-corrected chi connectivity index (χ4v) is 4.34. The van der Waals surface area contributed by atoms with Crippen LogP contribution >= 0.6 is 0 Å². The average Bonchev–Trinajstić information content (AvgIpc) is 3.37. The molecule has 0 saturated carbocycles. The summed E-state index contributed by atoms with van der Waals surface area (Å²) in [6.45, 7) is 3.89. The number of nitrogens with two attached hydrogens (primary N) is 1. The number of benzene rings is 3. The molecule has 3 aromatic carbocycles. The van der Waals surface area contributed by atoms with Gasteiger partial charge in [0.05, 0.1) is 13.7 Å². The van der Waals surface area contributed by atoms with Crippen molar-refractivity contribution in [2.24, 2.45) is 5.73 Å². The van der Waals surface area contributed by atoms with Gasteiger partial charge < -0.3 is 30.2 Å². The number of ether oxygens (including phenoxy) is 3. The Balaban J connectivity index is 1.79. The summed E-state index contributed by atoms with van der Waals surface area (Å²) in [4.78, 5) is 29.9. The largest absolute Gasteiger partial charge is 0.494 e. The van der Waals surface area contributed by atoms with Crippen molar-refractivity contribution in [1.29, 1.82) is 5.41 Å². The second-order valence-corrected chi connectivity index (χ2v) is 9.60. The third-order valence-corrected chi connectivity index (χ3v) is 6.42. The number of anilines is 1. The fourth-order valence-electron chi connectivity index (χ4n) is 4.34. The van der Waals surface area contributed by atoms with E-state index in [2.05, 4.69) is 15.4 Å². The van der Waals surface area contributed by atoms with E-state index in [9.17, 15) is 9.59 Å². The van der Waals surface area contributed by atoms with Crippen molar-refractivity contribution in [3.63, 3.8) is 0 Å². The van der Waals surface area contributed by atoms with Gasteiger partial charge in [-0.3, -0.25) is 15.2 Å². The van der Waals surface area contributed by atoms with Crippen LogP contribution in [0.2, 0.25) is 0 Å². The number of nitrogens with one attached hydrogen (secondary N) is 3. The second kappa shape index (κ2) is 12.9. The van der Waals surface area contributed by atoms with E-state index in [-0.39, 0.29) is 11.7 Å². The van der Waals surface area contributed by atoms with Gasteiger partial charge in [-0.15, -0.1) is 5.10 Å². The molecule has 5 N–H and O–H groups in total. The minimum atomic E-state index is -0.730. The molecule has 4 rings (SSSR count). The molecule has 2 atom stereocenters. The lowest BCUT2D eigenvalue weighted by molar-refractivity contribution is -0.135. The molecule has 0 radical (unpaired) electrons. The number of para-hydroxylation sites is 2. The Kier molecular flexibility index (Phi) is 9.15. The normalized spacial score (nSPS) is 12.2. The number of amides is 1. The number of carbonyl (C=O) groups is 1. The number of aromatic amines is 1. The number of rotatable bonds is 12. The van der Waals surface area contributed by atoms with Crippen LogP contribution in [-0.2, 0) is 4.79 Å². The Morgan fingerprint density at radius 3 is 2.45 bits per heavy atom. The maximum Gasteiger partial charge on any atom is 0.348 e. The molecule has 0 bridgehead atoms. The van der Waals surface area contributed by atoms with Gasteiger partial charge in [0.15, 0.2) is 23.4 Å². The molecule has 220 valence electrons. The number of nitrogens with zero attached hydrogens (tertiary/aromatic N) is 3. The SMILES string of the molecule is CCOc1cc(C(Nc2ccc(C(=N)N)cc2)c2nn(-c3ccccc3OC)c(=O)[nH]2)ccc1OC(C)C(=O)N(C)C. The van der Waals surface area contributed by atoms with Gasteiger partial charge in [-0.25, -0.2) is 4.79 Å². The first-order chi connectivity index (χ1) is 20.1. The highest BCUT2D eigenvalue weighted by molar-refractivity contribution is 5.95. The number of nitrogen functional groups attached to an aromatic ring is 1. The topological polar surface area (TPSA) is 161 Å². The Hall–Kier alpha value is -5.26. The van der Waals surface area contributed by atoms with E-state index >= 15 is 0 Å². The molecule has 0 saturated heterocycles. The third kappa shape index (κ3) is 6.54. The lowest BCUT2D eigenvalue weighted by atomic mass is 10.0. The van der Waals surface area contributed by atoms with Gasteiger partial charge in [0.25, 0.3) is 5.91 Å². The highest BCUT2D eigenvalue weighted by atomic mass is 16.5. The maximum absolute atomic E-state index is 13.1. The number of hydrogen-bond donors (Lipinski definition) is 4. The van der Waals surface area contributed by atoms with E-state index in [0.717, 1.165) is 0 Å². The lowest BCUT2D eigenvalue weighted by Gasteiger charge is -2.22. The smallest absolute Gasteiger partial charge is 0.348 e. The summed E-state index contributed by atoms with van der Waals surface area (Å²) in [6, 6.07) is 18.8. The number of aromatic nitrogens is 3. The van der Waals surface area contributed by atoms with Gasteiger partial charge in [-0.05, 0) is 67.9 Å². The first-order valence-electron chi connectivity index (χ1n) is 13.3. The standard InChI is InChI=1S/C30H35N7O5/c1-6-41-25-17-20(13-16-24(25)42-18(2)29(38)36(3)4)26(33-21-14-11-19(12-15-21)27(31)32)28-34-30(39)37(35-28)22-9-7-8-10-23(22)40-5/h7-18,26,33H,6H2,1-5H3,(H3,31,32)(H,34,35,39). The molecule has 0 spiro atoms. The molecule has 4 aromatic rings. The zero-order valence-corrected chi connectivity index (χ0v) is 24.2. The van der Waals surface area contributed by atoms with Gasteiger partial charge >= 0.3 is 5.69 Å². The molecule has 42 heavy (non-hydrogen) atoms. The summed E-state index contributed by atoms with van der Waals surface area (Å²) >= 11 is 0. The lowest BCUT2D eigenvalue weighted by Crippen LogP contribution is -2.35. The molecular formula is C30H35N7O5. The molecular weight excluding hydrogens is 538 g/mol. The number of likely N-dealkylation sites (N-methyl/N-ethyl adjacent to an activating group) is 1. The number of methoxy groups -OCH3 is 1. The molecule has 0 aliphatic heterocycles. The van der Waals surface area contributed by atoms with Crippen LogP contribution in [0, 0.1) is 5.41 Å². The number of carbonyl (C=O) groups excluding carboxylic acids is 1. The van der Waals surface area contributed by atoms with E-state index in [1.54, 1.807) is 75.6 Å². The first kappa shape index (κ1) is 29.7. The predicted octanol–water partition coefficient (Wildman–Crippen LogP) is 3.31. The van der Waals surface area contributed by atoms with Crippen LogP contribution in [0.5, 0.6) is 17.2 Å². The molecule has 12 nitrogen and oxygen atoms in total. The quantitative estimate of drug-likeness (QED) is 0.148. The third-order valence-electron chi connectivity index (χ3n) is 6.42. The van der Waals surface area contributed by atoms with Crippen LogP contribution in [0.25, 0.3) is 5.69 Å². The van der Waals surface area contributed by atoms with E-state index in [0.29, 0.717) is 52.2 Å². The summed E-state index contributed by atoms with van der Waals surface area (Å²) in [5, 5.41) is 15.7. The second-order valence-electron chi connectivity index (χ2n) is 9.60. The minimum Gasteiger partial charge on any atom is -0.494 e. The summed E-state index contributed by atoms with van der Waals surface area (Å²) in [7, 11) is 4.86. The number of hydrogen-bond acceptors (Lipinski definition) is 8. The van der Waals surface area contributed by atoms with Gasteiger partial charge in [0, 0.05) is 25.3 Å². The van der Waals surface area contributed by atoms with Crippen molar-refractivity contribution >= 4 is 17.4 Å². The summed E-state index contributed by atoms with van der Waals surface area (Å²) in [6.07, 6.45) is -0.730. The van der Waals surface area contributed by atoms with E-state index in [1.165, 1.54) is 16.7 Å².